The van der Waals surface area contributed by atoms with Crippen LogP contribution in [-0.2, 0) is 28.7 Å². The quantitative estimate of drug-likeness (QED) is 0.416. The van der Waals surface area contributed by atoms with E-state index in [0.717, 1.165) is 35.8 Å². The van der Waals surface area contributed by atoms with Crippen molar-refractivity contribution in [3.05, 3.63) is 67.9 Å². The van der Waals surface area contributed by atoms with Gasteiger partial charge >= 0.3 is 6.18 Å². The molecular formula is C27H29Cl2F3N6O3. The smallest absolute Gasteiger partial charge is 0.377 e. The number of anilines is 1. The zero-order valence-corrected chi connectivity index (χ0v) is 23.9. The van der Waals surface area contributed by atoms with Crippen LogP contribution >= 0.6 is 24.0 Å². The minimum atomic E-state index is -4.56. The van der Waals surface area contributed by atoms with Gasteiger partial charge in [-0.2, -0.15) is 22.7 Å². The monoisotopic (exact) mass is 612 g/mol. The Bertz CT molecular complexity index is 1600. The van der Waals surface area contributed by atoms with E-state index in [4.69, 9.17) is 16.3 Å². The molecule has 4 heterocycles. The number of nitrogens with zero attached hydrogens (tertiary/aromatic N) is 4. The summed E-state index contributed by atoms with van der Waals surface area (Å²) < 4.78 is 47.4. The summed E-state index contributed by atoms with van der Waals surface area (Å²) in [5.41, 5.74) is 1.69. The Kier molecular flexibility index (Phi) is 9.27. The Balaban J connectivity index is 0.00000387. The summed E-state index contributed by atoms with van der Waals surface area (Å²) in [7, 11) is 0. The summed E-state index contributed by atoms with van der Waals surface area (Å²) in [6.45, 7) is 5.23. The fourth-order valence-corrected chi connectivity index (χ4v) is 5.19. The van der Waals surface area contributed by atoms with Crippen LogP contribution in [0.5, 0.6) is 0 Å². The van der Waals surface area contributed by atoms with Crippen LogP contribution in [-0.4, -0.2) is 50.9 Å². The Morgan fingerprint density at radius 1 is 1.34 bits per heavy atom. The number of hydrogen-bond acceptors (Lipinski definition) is 6. The van der Waals surface area contributed by atoms with Crippen LogP contribution in [0.4, 0.5) is 18.9 Å². The lowest BCUT2D eigenvalue weighted by molar-refractivity contribution is -0.137. The van der Waals surface area contributed by atoms with Gasteiger partial charge in [0.25, 0.3) is 5.56 Å². The van der Waals surface area contributed by atoms with Crippen molar-refractivity contribution in [3.8, 4) is 0 Å². The zero-order chi connectivity index (χ0) is 28.6. The van der Waals surface area contributed by atoms with Gasteiger partial charge < -0.3 is 19.9 Å². The molecule has 41 heavy (non-hydrogen) atoms. The van der Waals surface area contributed by atoms with Crippen LogP contribution in [0.15, 0.2) is 34.6 Å². The number of fused-ring (bicyclic) bond motifs is 1. The van der Waals surface area contributed by atoms with Crippen molar-refractivity contribution in [1.29, 1.82) is 0 Å². The summed E-state index contributed by atoms with van der Waals surface area (Å²) in [4.78, 5) is 31.5. The van der Waals surface area contributed by atoms with E-state index in [1.165, 1.54) is 4.52 Å². The van der Waals surface area contributed by atoms with Gasteiger partial charge in [0, 0.05) is 18.3 Å². The number of aromatic nitrogens is 4. The molecule has 2 aliphatic heterocycles. The van der Waals surface area contributed by atoms with Crippen LogP contribution in [0.25, 0.3) is 17.4 Å². The predicted molar refractivity (Wildman–Crippen MR) is 152 cm³/mol. The molecule has 3 aromatic rings. The molecule has 1 saturated heterocycles. The molecule has 14 heteroatoms. The molecule has 9 nitrogen and oxygen atoms in total. The summed E-state index contributed by atoms with van der Waals surface area (Å²) >= 11 is 6.06. The number of halogens is 5. The third kappa shape index (κ3) is 6.50. The third-order valence-electron chi connectivity index (χ3n) is 6.94. The number of carbonyl (C=O) groups is 1. The normalized spacial score (nSPS) is 18.4. The molecule has 0 bridgehead atoms. The Morgan fingerprint density at radius 2 is 2.12 bits per heavy atom. The number of carbonyl (C=O) groups excluding carboxylic acids is 1. The topological polar surface area (TPSA) is 103 Å². The Labute approximate surface area is 244 Å². The summed E-state index contributed by atoms with van der Waals surface area (Å²) in [6.07, 6.45) is 0.935. The second-order valence-electron chi connectivity index (χ2n) is 9.84. The molecule has 0 spiro atoms. The molecule has 0 aliphatic carbocycles. The molecule has 0 radical (unpaired) electrons. The van der Waals surface area contributed by atoms with Crippen molar-refractivity contribution in [3.63, 3.8) is 0 Å². The van der Waals surface area contributed by atoms with Crippen LogP contribution < -0.4 is 16.2 Å². The summed E-state index contributed by atoms with van der Waals surface area (Å²) in [5, 5.41) is 10.2. The van der Waals surface area contributed by atoms with Gasteiger partial charge in [0.1, 0.15) is 6.54 Å². The highest BCUT2D eigenvalue weighted by Gasteiger charge is 2.31. The maximum atomic E-state index is 13.7. The summed E-state index contributed by atoms with van der Waals surface area (Å²) in [5.74, 6) is 0.0211. The van der Waals surface area contributed by atoms with Crippen LogP contribution in [0, 0.1) is 0 Å². The first kappa shape index (κ1) is 30.8. The molecular weight excluding hydrogens is 584 g/mol. The molecule has 220 valence electrons. The van der Waals surface area contributed by atoms with Gasteiger partial charge in [-0.1, -0.05) is 30.2 Å². The van der Waals surface area contributed by atoms with Gasteiger partial charge in [-0.3, -0.25) is 9.59 Å². The lowest BCUT2D eigenvalue weighted by Crippen LogP contribution is -2.29. The first-order valence-electron chi connectivity index (χ1n) is 12.9. The molecule has 0 saturated carbocycles. The van der Waals surface area contributed by atoms with Crippen molar-refractivity contribution >= 4 is 53.0 Å². The average Bonchev–Trinajstić information content (AvgIpc) is 3.54. The van der Waals surface area contributed by atoms with E-state index in [0.29, 0.717) is 49.7 Å². The van der Waals surface area contributed by atoms with Crippen LogP contribution in [0.1, 0.15) is 49.3 Å². The Morgan fingerprint density at radius 3 is 2.73 bits per heavy atom. The molecule has 2 aromatic heterocycles. The number of benzene rings is 1. The first-order valence-corrected chi connectivity index (χ1v) is 13.3. The molecule has 2 aliphatic rings. The predicted octanol–water partition coefficient (Wildman–Crippen LogP) is 4.76. The minimum Gasteiger partial charge on any atom is -0.377 e. The van der Waals surface area contributed by atoms with Crippen molar-refractivity contribution in [1.82, 2.24) is 24.5 Å². The molecule has 1 aromatic carbocycles. The van der Waals surface area contributed by atoms with Crippen molar-refractivity contribution < 1.29 is 22.7 Å². The summed E-state index contributed by atoms with van der Waals surface area (Å²) in [6, 6.07) is 3.01. The van der Waals surface area contributed by atoms with E-state index in [-0.39, 0.29) is 47.0 Å². The van der Waals surface area contributed by atoms with Gasteiger partial charge in [-0.25, -0.2) is 0 Å². The largest absolute Gasteiger partial charge is 0.416 e. The lowest BCUT2D eigenvalue weighted by Gasteiger charge is -2.17. The number of amides is 1. The molecule has 2 N–H and O–H groups in total. The number of nitrogens with one attached hydrogen (secondary N) is 2. The van der Waals surface area contributed by atoms with Gasteiger partial charge in [-0.05, 0) is 56.0 Å². The fourth-order valence-electron chi connectivity index (χ4n) is 4.96. The molecule has 1 fully saturated rings. The van der Waals surface area contributed by atoms with Crippen molar-refractivity contribution in [2.75, 3.05) is 25.1 Å². The Hall–Kier alpha value is -3.19. The highest BCUT2D eigenvalue weighted by atomic mass is 35.5. The van der Waals surface area contributed by atoms with Gasteiger partial charge in [0.2, 0.25) is 11.7 Å². The molecule has 1 unspecified atom stereocenters. The zero-order valence-electron chi connectivity index (χ0n) is 22.3. The lowest BCUT2D eigenvalue weighted by atomic mass is 10.1. The number of hydrogen-bond donors (Lipinski definition) is 2. The second kappa shape index (κ2) is 12.4. The fraction of sp³-hybridized carbons (Fsp3) is 0.407. The number of alkyl halides is 3. The molecule has 1 amide bonds. The van der Waals surface area contributed by atoms with E-state index < -0.39 is 17.6 Å². The second-order valence-corrected chi connectivity index (χ2v) is 10.2. The third-order valence-corrected chi connectivity index (χ3v) is 7.26. The minimum absolute atomic E-state index is 0. The highest BCUT2D eigenvalue weighted by Crippen LogP contribution is 2.34. The van der Waals surface area contributed by atoms with Gasteiger partial charge in [-0.15, -0.1) is 17.5 Å². The van der Waals surface area contributed by atoms with Crippen molar-refractivity contribution in [2.24, 2.45) is 0 Å². The number of ether oxygens (including phenoxy) is 1. The first-order chi connectivity index (χ1) is 19.0. The average molecular weight is 613 g/mol. The molecule has 5 rings (SSSR count). The number of rotatable bonds is 6. The SMILES string of the molecule is CCc1c(C=C2CNC(C)C2)c(=O)n2nc(C3=CCOCC3)nc2n1CC(=O)Nc1ccc(C(F)(F)F)cc1Cl.Cl. The highest BCUT2D eigenvalue weighted by molar-refractivity contribution is 6.33. The van der Waals surface area contributed by atoms with Crippen LogP contribution in [0.3, 0.4) is 0 Å². The van der Waals surface area contributed by atoms with E-state index in [1.54, 1.807) is 4.57 Å². The van der Waals surface area contributed by atoms with Gasteiger partial charge in [0.05, 0.1) is 35.1 Å². The van der Waals surface area contributed by atoms with Gasteiger partial charge in [0.15, 0.2) is 5.82 Å². The standard InChI is InChI=1S/C27H28ClF3N6O3.ClH/c1-3-22-19(11-16-10-15(2)32-13-16)25(39)37-26(34-24(35-37)17-6-8-40-9-7-17)36(22)14-23(38)33-21-5-4-18(12-20(21)28)27(29,30)31;/h4-6,11-12,15,32H,3,7-10,13-14H2,1-2H3,(H,33,38);1H. The van der Waals surface area contributed by atoms with E-state index in [1.807, 2.05) is 19.1 Å². The maximum Gasteiger partial charge on any atom is 0.416 e. The van der Waals surface area contributed by atoms with E-state index in [9.17, 15) is 22.8 Å². The maximum absolute atomic E-state index is 13.7. The van der Waals surface area contributed by atoms with E-state index in [2.05, 4.69) is 27.6 Å². The van der Waals surface area contributed by atoms with Crippen LogP contribution in [0.2, 0.25) is 5.02 Å². The van der Waals surface area contributed by atoms with E-state index >= 15 is 0 Å². The van der Waals surface area contributed by atoms with Crippen molar-refractivity contribution in [2.45, 2.75) is 51.9 Å². The molecule has 1 atom stereocenters.